The van der Waals surface area contributed by atoms with Gasteiger partial charge in [-0.2, -0.15) is 5.10 Å². The molecule has 1 fully saturated rings. The van der Waals surface area contributed by atoms with Gasteiger partial charge in [-0.15, -0.1) is 0 Å². The molecule has 2 heterocycles. The average molecular weight is 345 g/mol. The van der Waals surface area contributed by atoms with E-state index in [2.05, 4.69) is 16.9 Å². The minimum atomic E-state index is -0.514. The van der Waals surface area contributed by atoms with Crippen LogP contribution in [0.2, 0.25) is 0 Å². The van der Waals surface area contributed by atoms with Gasteiger partial charge in [-0.1, -0.05) is 30.3 Å². The normalized spacial score (nSPS) is 22.8. The molecule has 0 spiro atoms. The van der Waals surface area contributed by atoms with E-state index < -0.39 is 11.7 Å². The number of ether oxygens (including phenoxy) is 2. The summed E-state index contributed by atoms with van der Waals surface area (Å²) < 4.78 is 13.4. The van der Waals surface area contributed by atoms with Crippen molar-refractivity contribution in [3.8, 4) is 0 Å². The lowest BCUT2D eigenvalue weighted by Gasteiger charge is -2.40. The van der Waals surface area contributed by atoms with Crippen molar-refractivity contribution >= 4 is 0 Å². The van der Waals surface area contributed by atoms with Crippen molar-refractivity contribution in [1.29, 1.82) is 0 Å². The molecule has 1 aliphatic rings. The lowest BCUT2D eigenvalue weighted by molar-refractivity contribution is -0.113. The van der Waals surface area contributed by atoms with Gasteiger partial charge in [0.25, 0.3) is 0 Å². The van der Waals surface area contributed by atoms with E-state index in [1.807, 2.05) is 49.8 Å². The molecule has 2 unspecified atom stereocenters. The molecule has 2 aromatic rings. The zero-order valence-electron chi connectivity index (χ0n) is 15.0. The largest absolute Gasteiger partial charge is 0.389 e. The third kappa shape index (κ3) is 4.89. The quantitative estimate of drug-likeness (QED) is 0.825. The average Bonchev–Trinajstić information content (AvgIpc) is 3.03. The summed E-state index contributed by atoms with van der Waals surface area (Å²) in [6.45, 7) is 5.69. The highest BCUT2D eigenvalue weighted by molar-refractivity contribution is 5.16. The van der Waals surface area contributed by atoms with Crippen molar-refractivity contribution in [2.75, 3.05) is 32.8 Å². The van der Waals surface area contributed by atoms with E-state index in [0.29, 0.717) is 26.4 Å². The molecule has 0 radical (unpaired) electrons. The van der Waals surface area contributed by atoms with Gasteiger partial charge in [0, 0.05) is 38.4 Å². The molecule has 1 aromatic carbocycles. The number of hydrogen-bond acceptors (Lipinski definition) is 5. The van der Waals surface area contributed by atoms with E-state index in [1.54, 1.807) is 4.68 Å². The fraction of sp³-hybridized carbons (Fsp3) is 0.526. The topological polar surface area (TPSA) is 59.8 Å². The maximum Gasteiger partial charge on any atom is 0.106 e. The number of benzene rings is 1. The Kier molecular flexibility index (Phi) is 5.86. The zero-order chi connectivity index (χ0) is 17.7. The van der Waals surface area contributed by atoms with Gasteiger partial charge < -0.3 is 14.6 Å². The van der Waals surface area contributed by atoms with Gasteiger partial charge in [-0.05, 0) is 12.5 Å². The second-order valence-electron chi connectivity index (χ2n) is 6.87. The van der Waals surface area contributed by atoms with E-state index in [4.69, 9.17) is 9.47 Å². The van der Waals surface area contributed by atoms with E-state index in [9.17, 15) is 5.11 Å². The first-order valence-electron chi connectivity index (χ1n) is 8.70. The van der Waals surface area contributed by atoms with Crippen LogP contribution in [0.4, 0.5) is 0 Å². The highest BCUT2D eigenvalue weighted by Gasteiger charge is 2.35. The molecule has 2 atom stereocenters. The maximum atomic E-state index is 10.3. The van der Waals surface area contributed by atoms with Crippen LogP contribution in [0.25, 0.3) is 0 Å². The third-order valence-electron chi connectivity index (χ3n) is 4.56. The number of β-amino-alcohol motifs (C(OH)–C–C–N with tert-alkyl or cyclic N) is 1. The van der Waals surface area contributed by atoms with Gasteiger partial charge in [-0.3, -0.25) is 9.58 Å². The molecule has 1 aliphatic heterocycles. The SMILES string of the molecule is Cn1cc(C2(C)CN(CC(O)COCc3ccccc3)CCO2)cn1. The van der Waals surface area contributed by atoms with Crippen LogP contribution in [0.1, 0.15) is 18.1 Å². The molecular formula is C19H27N3O3. The van der Waals surface area contributed by atoms with Crippen molar-refractivity contribution in [3.63, 3.8) is 0 Å². The summed E-state index contributed by atoms with van der Waals surface area (Å²) in [6.07, 6.45) is 3.33. The summed E-state index contributed by atoms with van der Waals surface area (Å²) >= 11 is 0. The van der Waals surface area contributed by atoms with E-state index in [0.717, 1.165) is 24.2 Å². The van der Waals surface area contributed by atoms with Crippen molar-refractivity contribution in [1.82, 2.24) is 14.7 Å². The highest BCUT2D eigenvalue weighted by atomic mass is 16.5. The molecule has 25 heavy (non-hydrogen) atoms. The van der Waals surface area contributed by atoms with Crippen LogP contribution < -0.4 is 0 Å². The number of morpholine rings is 1. The van der Waals surface area contributed by atoms with Crippen LogP contribution in [0, 0.1) is 0 Å². The number of aliphatic hydroxyl groups excluding tert-OH is 1. The van der Waals surface area contributed by atoms with Gasteiger partial charge in [0.2, 0.25) is 0 Å². The van der Waals surface area contributed by atoms with Gasteiger partial charge in [0.05, 0.1) is 32.1 Å². The van der Waals surface area contributed by atoms with Crippen molar-refractivity contribution in [3.05, 3.63) is 53.9 Å². The van der Waals surface area contributed by atoms with Crippen LogP contribution in [0.15, 0.2) is 42.7 Å². The van der Waals surface area contributed by atoms with E-state index >= 15 is 0 Å². The molecule has 3 rings (SSSR count). The van der Waals surface area contributed by atoms with Gasteiger partial charge in [-0.25, -0.2) is 0 Å². The first-order chi connectivity index (χ1) is 12.0. The molecule has 136 valence electrons. The molecule has 1 N–H and O–H groups in total. The fourth-order valence-corrected chi connectivity index (χ4v) is 3.21. The molecule has 0 aliphatic carbocycles. The molecule has 0 saturated carbocycles. The lowest BCUT2D eigenvalue weighted by atomic mass is 9.97. The second kappa shape index (κ2) is 8.10. The number of aryl methyl sites for hydroxylation is 1. The predicted molar refractivity (Wildman–Crippen MR) is 95.1 cm³/mol. The number of aliphatic hydroxyl groups is 1. The summed E-state index contributed by atoms with van der Waals surface area (Å²) in [5.74, 6) is 0. The summed E-state index contributed by atoms with van der Waals surface area (Å²) in [6, 6.07) is 10.0. The predicted octanol–water partition coefficient (Wildman–Crippen LogP) is 1.55. The third-order valence-corrected chi connectivity index (χ3v) is 4.56. The van der Waals surface area contributed by atoms with Crippen LogP contribution in [-0.2, 0) is 28.7 Å². The number of aromatic nitrogens is 2. The minimum absolute atomic E-state index is 0.329. The standard InChI is InChI=1S/C19H27N3O3/c1-19(17-10-20-21(2)11-17)15-22(8-9-25-19)12-18(23)14-24-13-16-6-4-3-5-7-16/h3-7,10-11,18,23H,8-9,12-15H2,1-2H3. The summed E-state index contributed by atoms with van der Waals surface area (Å²) in [4.78, 5) is 2.23. The Bertz CT molecular complexity index is 661. The van der Waals surface area contributed by atoms with Crippen molar-refractivity contribution in [2.24, 2.45) is 7.05 Å². The Balaban J connectivity index is 1.47. The molecule has 6 nitrogen and oxygen atoms in total. The van der Waals surface area contributed by atoms with E-state index in [1.165, 1.54) is 0 Å². The van der Waals surface area contributed by atoms with Gasteiger partial charge in [0.1, 0.15) is 5.60 Å². The fourth-order valence-electron chi connectivity index (χ4n) is 3.21. The monoisotopic (exact) mass is 345 g/mol. The Morgan fingerprint density at radius 2 is 2.16 bits per heavy atom. The van der Waals surface area contributed by atoms with Crippen molar-refractivity contribution < 1.29 is 14.6 Å². The molecule has 1 saturated heterocycles. The number of hydrogen-bond donors (Lipinski definition) is 1. The summed E-state index contributed by atoms with van der Waals surface area (Å²) in [7, 11) is 1.90. The summed E-state index contributed by atoms with van der Waals surface area (Å²) in [5.41, 5.74) is 1.79. The van der Waals surface area contributed by atoms with Crippen LogP contribution in [0.5, 0.6) is 0 Å². The molecule has 1 aromatic heterocycles. The Labute approximate surface area is 149 Å². The maximum absolute atomic E-state index is 10.3. The minimum Gasteiger partial charge on any atom is -0.389 e. The zero-order valence-corrected chi connectivity index (χ0v) is 15.0. The Morgan fingerprint density at radius 3 is 2.88 bits per heavy atom. The molecule has 6 heteroatoms. The Hall–Kier alpha value is -1.73. The van der Waals surface area contributed by atoms with Crippen LogP contribution >= 0.6 is 0 Å². The highest BCUT2D eigenvalue weighted by Crippen LogP contribution is 2.29. The second-order valence-corrected chi connectivity index (χ2v) is 6.87. The summed E-state index contributed by atoms with van der Waals surface area (Å²) in [5, 5.41) is 14.5. The molecule has 0 amide bonds. The van der Waals surface area contributed by atoms with Crippen LogP contribution in [0.3, 0.4) is 0 Å². The van der Waals surface area contributed by atoms with Gasteiger partial charge >= 0.3 is 0 Å². The van der Waals surface area contributed by atoms with Gasteiger partial charge in [0.15, 0.2) is 0 Å². The van der Waals surface area contributed by atoms with E-state index in [-0.39, 0.29) is 0 Å². The molecular weight excluding hydrogens is 318 g/mol. The lowest BCUT2D eigenvalue weighted by Crippen LogP contribution is -2.50. The Morgan fingerprint density at radius 1 is 1.36 bits per heavy atom. The first-order valence-corrected chi connectivity index (χ1v) is 8.70. The molecule has 0 bridgehead atoms. The van der Waals surface area contributed by atoms with Crippen LogP contribution in [-0.4, -0.2) is 58.7 Å². The first kappa shape index (κ1) is 18.1. The van der Waals surface area contributed by atoms with Crippen molar-refractivity contribution in [2.45, 2.75) is 25.2 Å². The smallest absolute Gasteiger partial charge is 0.106 e. The number of rotatable bonds is 7. The number of nitrogens with zero attached hydrogens (tertiary/aromatic N) is 3.